The maximum Gasteiger partial charge on any atom is 0.260 e. The van der Waals surface area contributed by atoms with Crippen LogP contribution in [0.5, 0.6) is 5.75 Å². The van der Waals surface area contributed by atoms with Crippen LogP contribution < -0.4 is 10.1 Å². The third-order valence-corrected chi connectivity index (χ3v) is 6.18. The number of benzene rings is 1. The highest BCUT2D eigenvalue weighted by molar-refractivity contribution is 6.06. The molecule has 4 heterocycles. The number of fused-ring (bicyclic) bond motifs is 2. The van der Waals surface area contributed by atoms with E-state index < -0.39 is 0 Å². The number of methoxy groups -OCH3 is 1. The molecule has 160 valence electrons. The van der Waals surface area contributed by atoms with E-state index in [1.165, 1.54) is 5.56 Å². The maximum atomic E-state index is 13.1. The van der Waals surface area contributed by atoms with Gasteiger partial charge in [-0.1, -0.05) is 6.07 Å². The summed E-state index contributed by atoms with van der Waals surface area (Å²) in [5, 5.41) is 11.6. The number of aromatic nitrogens is 4. The minimum atomic E-state index is -0.239. The Morgan fingerprint density at radius 2 is 2.06 bits per heavy atom. The molecule has 1 amide bonds. The zero-order valence-electron chi connectivity index (χ0n) is 18.1. The molecule has 3 aromatic rings. The quantitative estimate of drug-likeness (QED) is 0.701. The molecule has 5 rings (SSSR count). The molecule has 0 bridgehead atoms. The number of hydrogen-bond acceptors (Lipinski definition) is 6. The summed E-state index contributed by atoms with van der Waals surface area (Å²) in [6.45, 7) is 3.99. The lowest BCUT2D eigenvalue weighted by Crippen LogP contribution is -2.27. The Hall–Kier alpha value is -3.26. The Kier molecular flexibility index (Phi) is 4.94. The van der Waals surface area contributed by atoms with Gasteiger partial charge in [-0.2, -0.15) is 0 Å². The molecular weight excluding hydrogens is 392 g/mol. The standard InChI is InChI=1S/C23H26N6O2/c1-14-7-8-21-26-27-22(29(14)21)18-5-4-6-20(24-18)25-23(30)17-11-16-13-28(2)10-9-15(16)12-19(17)31-3/h4-6,11-12,14H,7-10,13H2,1-3H3,(H,24,25,30)/t14-/m1/s1. The zero-order valence-corrected chi connectivity index (χ0v) is 18.1. The number of rotatable bonds is 4. The van der Waals surface area contributed by atoms with Crippen molar-refractivity contribution < 1.29 is 9.53 Å². The fourth-order valence-corrected chi connectivity index (χ4v) is 4.49. The molecule has 0 spiro atoms. The molecule has 31 heavy (non-hydrogen) atoms. The summed E-state index contributed by atoms with van der Waals surface area (Å²) in [6, 6.07) is 9.83. The van der Waals surface area contributed by atoms with E-state index in [9.17, 15) is 4.79 Å². The van der Waals surface area contributed by atoms with Crippen LogP contribution in [0.25, 0.3) is 11.5 Å². The number of amides is 1. The third-order valence-electron chi connectivity index (χ3n) is 6.18. The van der Waals surface area contributed by atoms with Crippen molar-refractivity contribution in [3.63, 3.8) is 0 Å². The van der Waals surface area contributed by atoms with Crippen LogP contribution in [0, 0.1) is 0 Å². The van der Waals surface area contributed by atoms with E-state index in [-0.39, 0.29) is 5.91 Å². The molecule has 8 heteroatoms. The van der Waals surface area contributed by atoms with Crippen molar-refractivity contribution in [2.24, 2.45) is 0 Å². The van der Waals surface area contributed by atoms with Gasteiger partial charge in [0.1, 0.15) is 23.1 Å². The van der Waals surface area contributed by atoms with E-state index in [2.05, 4.69) is 43.9 Å². The van der Waals surface area contributed by atoms with Crippen LogP contribution >= 0.6 is 0 Å². The highest BCUT2D eigenvalue weighted by Gasteiger charge is 2.25. The molecule has 0 aliphatic carbocycles. The predicted octanol–water partition coefficient (Wildman–Crippen LogP) is 3.10. The first-order valence-electron chi connectivity index (χ1n) is 10.6. The van der Waals surface area contributed by atoms with E-state index in [1.807, 2.05) is 24.3 Å². The van der Waals surface area contributed by atoms with Crippen LogP contribution in [0.15, 0.2) is 30.3 Å². The fraction of sp³-hybridized carbons (Fsp3) is 0.391. The summed E-state index contributed by atoms with van der Waals surface area (Å²) in [6.07, 6.45) is 2.94. The molecule has 1 atom stereocenters. The van der Waals surface area contributed by atoms with Crippen molar-refractivity contribution in [3.05, 3.63) is 52.8 Å². The van der Waals surface area contributed by atoms with Gasteiger partial charge in [0.05, 0.1) is 12.7 Å². The van der Waals surface area contributed by atoms with Crippen LogP contribution in [0.4, 0.5) is 5.82 Å². The first-order chi connectivity index (χ1) is 15.0. The summed E-state index contributed by atoms with van der Waals surface area (Å²) in [4.78, 5) is 20.0. The van der Waals surface area contributed by atoms with Crippen molar-refractivity contribution in [2.45, 2.75) is 38.8 Å². The van der Waals surface area contributed by atoms with Gasteiger partial charge in [0.25, 0.3) is 5.91 Å². The van der Waals surface area contributed by atoms with Gasteiger partial charge >= 0.3 is 0 Å². The number of anilines is 1. The Morgan fingerprint density at radius 1 is 1.19 bits per heavy atom. The lowest BCUT2D eigenvalue weighted by atomic mass is 9.96. The summed E-state index contributed by atoms with van der Waals surface area (Å²) in [5.74, 6) is 2.55. The molecule has 2 aromatic heterocycles. The molecule has 0 fully saturated rings. The monoisotopic (exact) mass is 418 g/mol. The van der Waals surface area contributed by atoms with Crippen molar-refractivity contribution in [1.29, 1.82) is 0 Å². The van der Waals surface area contributed by atoms with Gasteiger partial charge in [-0.15, -0.1) is 10.2 Å². The lowest BCUT2D eigenvalue weighted by Gasteiger charge is -2.26. The van der Waals surface area contributed by atoms with Crippen molar-refractivity contribution >= 4 is 11.7 Å². The highest BCUT2D eigenvalue weighted by Crippen LogP contribution is 2.31. The SMILES string of the molecule is COc1cc2c(cc1C(=O)Nc1cccc(-c3nnc4n3[C@H](C)CC4)n1)CN(C)CC2. The molecule has 0 saturated heterocycles. The van der Waals surface area contributed by atoms with Gasteiger partial charge in [0, 0.05) is 25.6 Å². The Labute approximate surface area is 181 Å². The first-order valence-corrected chi connectivity index (χ1v) is 10.6. The topological polar surface area (TPSA) is 85.2 Å². The van der Waals surface area contributed by atoms with Crippen LogP contribution in [0.1, 0.15) is 46.7 Å². The molecular formula is C23H26N6O2. The van der Waals surface area contributed by atoms with Gasteiger partial charge in [-0.3, -0.25) is 4.79 Å². The Morgan fingerprint density at radius 3 is 2.90 bits per heavy atom. The number of nitrogens with zero attached hydrogens (tertiary/aromatic N) is 5. The Balaban J connectivity index is 1.43. The number of hydrogen-bond donors (Lipinski definition) is 1. The van der Waals surface area contributed by atoms with Gasteiger partial charge in [0.2, 0.25) is 0 Å². The van der Waals surface area contributed by atoms with E-state index in [1.54, 1.807) is 13.2 Å². The number of carbonyl (C=O) groups excluding carboxylic acids is 1. The average Bonchev–Trinajstić information content (AvgIpc) is 3.36. The van der Waals surface area contributed by atoms with E-state index >= 15 is 0 Å². The average molecular weight is 419 g/mol. The second-order valence-electron chi connectivity index (χ2n) is 8.37. The lowest BCUT2D eigenvalue weighted by molar-refractivity contribution is 0.102. The second-order valence-corrected chi connectivity index (χ2v) is 8.37. The van der Waals surface area contributed by atoms with Crippen LogP contribution in [-0.4, -0.2) is 51.3 Å². The molecule has 2 aliphatic heterocycles. The molecule has 1 aromatic carbocycles. The van der Waals surface area contributed by atoms with Gasteiger partial charge in [0.15, 0.2) is 5.82 Å². The summed E-state index contributed by atoms with van der Waals surface area (Å²) < 4.78 is 7.66. The second kappa shape index (κ2) is 7.77. The number of ether oxygens (including phenoxy) is 1. The van der Waals surface area contributed by atoms with Crippen LogP contribution in [-0.2, 0) is 19.4 Å². The van der Waals surface area contributed by atoms with Gasteiger partial charge in [-0.25, -0.2) is 4.98 Å². The van der Waals surface area contributed by atoms with Crippen molar-refractivity contribution in [3.8, 4) is 17.3 Å². The predicted molar refractivity (Wildman–Crippen MR) is 117 cm³/mol. The maximum absolute atomic E-state index is 13.1. The van der Waals surface area contributed by atoms with E-state index in [0.717, 1.165) is 49.6 Å². The highest BCUT2D eigenvalue weighted by atomic mass is 16.5. The van der Waals surface area contributed by atoms with Crippen LogP contribution in [0.3, 0.4) is 0 Å². The largest absolute Gasteiger partial charge is 0.496 e. The minimum absolute atomic E-state index is 0.239. The van der Waals surface area contributed by atoms with Crippen molar-refractivity contribution in [2.75, 3.05) is 26.0 Å². The number of aryl methyl sites for hydroxylation is 1. The molecule has 0 radical (unpaired) electrons. The first kappa shape index (κ1) is 19.7. The van der Waals surface area contributed by atoms with Crippen molar-refractivity contribution in [1.82, 2.24) is 24.6 Å². The van der Waals surface area contributed by atoms with Crippen LogP contribution in [0.2, 0.25) is 0 Å². The number of likely N-dealkylation sites (N-methyl/N-ethyl adjacent to an activating group) is 1. The fourth-order valence-electron chi connectivity index (χ4n) is 4.49. The number of pyridine rings is 1. The van der Waals surface area contributed by atoms with Gasteiger partial charge in [-0.05, 0) is 62.2 Å². The molecule has 8 nitrogen and oxygen atoms in total. The number of carbonyl (C=O) groups is 1. The third kappa shape index (κ3) is 3.57. The zero-order chi connectivity index (χ0) is 21.5. The number of nitrogens with one attached hydrogen (secondary N) is 1. The minimum Gasteiger partial charge on any atom is -0.496 e. The molecule has 0 unspecified atom stereocenters. The smallest absolute Gasteiger partial charge is 0.260 e. The summed E-state index contributed by atoms with van der Waals surface area (Å²) in [7, 11) is 3.68. The Bertz CT molecular complexity index is 1150. The van der Waals surface area contributed by atoms with E-state index in [4.69, 9.17) is 4.74 Å². The summed E-state index contributed by atoms with van der Waals surface area (Å²) >= 11 is 0. The van der Waals surface area contributed by atoms with Gasteiger partial charge < -0.3 is 19.5 Å². The molecule has 0 saturated carbocycles. The molecule has 1 N–H and O–H groups in total. The molecule has 2 aliphatic rings. The van der Waals surface area contributed by atoms with E-state index in [0.29, 0.717) is 28.9 Å². The normalized spacial score (nSPS) is 17.8. The summed E-state index contributed by atoms with van der Waals surface area (Å²) in [5.41, 5.74) is 3.61.